The van der Waals surface area contributed by atoms with Gasteiger partial charge in [-0.25, -0.2) is 0 Å². The van der Waals surface area contributed by atoms with E-state index in [0.717, 1.165) is 12.8 Å². The second kappa shape index (κ2) is 5.99. The molecule has 1 fully saturated rings. The molecule has 0 amide bonds. The van der Waals surface area contributed by atoms with Crippen LogP contribution in [0.15, 0.2) is 30.3 Å². The number of benzene rings is 1. The van der Waals surface area contributed by atoms with Crippen LogP contribution in [0.4, 0.5) is 0 Å². The van der Waals surface area contributed by atoms with Gasteiger partial charge in [0.05, 0.1) is 19.3 Å². The minimum atomic E-state index is 0.196. The average molecular weight is 221 g/mol. The predicted octanol–water partition coefficient (Wildman–Crippen LogP) is 1.32. The molecule has 0 aromatic heterocycles. The molecule has 1 aliphatic rings. The highest BCUT2D eigenvalue weighted by Gasteiger charge is 2.30. The molecule has 88 valence electrons. The van der Waals surface area contributed by atoms with Gasteiger partial charge in [-0.15, -0.1) is 0 Å². The van der Waals surface area contributed by atoms with Crippen molar-refractivity contribution in [2.45, 2.75) is 31.6 Å². The molecule has 1 aliphatic carbocycles. The maximum absolute atomic E-state index is 8.73. The van der Waals surface area contributed by atoms with Crippen molar-refractivity contribution in [2.75, 3.05) is 13.2 Å². The summed E-state index contributed by atoms with van der Waals surface area (Å²) in [6, 6.07) is 10.7. The summed E-state index contributed by atoms with van der Waals surface area (Å²) in [5, 5.41) is 12.0. The van der Waals surface area contributed by atoms with E-state index >= 15 is 0 Å². The highest BCUT2D eigenvalue weighted by atomic mass is 16.5. The van der Waals surface area contributed by atoms with Crippen molar-refractivity contribution in [2.24, 2.45) is 0 Å². The number of nitrogens with one attached hydrogen (secondary N) is 1. The van der Waals surface area contributed by atoms with Crippen molar-refractivity contribution in [3.8, 4) is 0 Å². The Kier molecular flexibility index (Phi) is 4.34. The molecule has 0 bridgehead atoms. The molecule has 2 N–H and O–H groups in total. The van der Waals surface area contributed by atoms with Crippen LogP contribution in [0.1, 0.15) is 18.4 Å². The maximum Gasteiger partial charge on any atom is 0.0733 e. The van der Waals surface area contributed by atoms with Crippen LogP contribution < -0.4 is 5.32 Å². The Morgan fingerprint density at radius 3 is 2.69 bits per heavy atom. The van der Waals surface area contributed by atoms with Crippen LogP contribution in [-0.4, -0.2) is 30.4 Å². The predicted molar refractivity (Wildman–Crippen MR) is 63.1 cm³/mol. The largest absolute Gasteiger partial charge is 0.395 e. The number of ether oxygens (including phenoxy) is 1. The molecular formula is C13H19NO2. The Hall–Kier alpha value is -0.900. The first-order chi connectivity index (χ1) is 7.90. The van der Waals surface area contributed by atoms with Gasteiger partial charge in [0.15, 0.2) is 0 Å². The summed E-state index contributed by atoms with van der Waals surface area (Å²) in [5.74, 6) is 0. The lowest BCUT2D eigenvalue weighted by atomic mass is 9.89. The van der Waals surface area contributed by atoms with Gasteiger partial charge in [0.2, 0.25) is 0 Å². The molecular weight excluding hydrogens is 202 g/mol. The molecule has 2 rings (SSSR count). The standard InChI is InChI=1S/C13H19NO2/c15-9-8-14-12-6-7-13(12)16-10-11-4-2-1-3-5-11/h1-5,12-15H,6-10H2/t12-,13+/m1/s1. The van der Waals surface area contributed by atoms with Crippen LogP contribution in [-0.2, 0) is 11.3 Å². The Morgan fingerprint density at radius 1 is 1.25 bits per heavy atom. The van der Waals surface area contributed by atoms with Gasteiger partial charge in [-0.1, -0.05) is 30.3 Å². The zero-order chi connectivity index (χ0) is 11.2. The topological polar surface area (TPSA) is 41.5 Å². The van der Waals surface area contributed by atoms with E-state index in [4.69, 9.17) is 9.84 Å². The lowest BCUT2D eigenvalue weighted by Crippen LogP contribution is -2.50. The minimum absolute atomic E-state index is 0.196. The van der Waals surface area contributed by atoms with Gasteiger partial charge in [-0.3, -0.25) is 0 Å². The quantitative estimate of drug-likeness (QED) is 0.761. The zero-order valence-corrected chi connectivity index (χ0v) is 9.43. The smallest absolute Gasteiger partial charge is 0.0733 e. The zero-order valence-electron chi connectivity index (χ0n) is 9.43. The Bertz CT molecular complexity index is 302. The molecule has 1 aromatic carbocycles. The summed E-state index contributed by atoms with van der Waals surface area (Å²) >= 11 is 0. The van der Waals surface area contributed by atoms with Gasteiger partial charge in [0.1, 0.15) is 0 Å². The third-order valence-corrected chi connectivity index (χ3v) is 3.04. The Morgan fingerprint density at radius 2 is 2.06 bits per heavy atom. The summed E-state index contributed by atoms with van der Waals surface area (Å²) in [6.45, 7) is 1.54. The van der Waals surface area contributed by atoms with Crippen LogP contribution >= 0.6 is 0 Å². The number of aliphatic hydroxyl groups excluding tert-OH is 1. The summed E-state index contributed by atoms with van der Waals surface area (Å²) in [6.07, 6.45) is 2.59. The Balaban J connectivity index is 1.70. The number of hydrogen-bond donors (Lipinski definition) is 2. The highest BCUT2D eigenvalue weighted by Crippen LogP contribution is 2.24. The third kappa shape index (κ3) is 3.04. The van der Waals surface area contributed by atoms with Crippen molar-refractivity contribution in [3.63, 3.8) is 0 Å². The summed E-state index contributed by atoms with van der Waals surface area (Å²) in [4.78, 5) is 0. The van der Waals surface area contributed by atoms with E-state index in [9.17, 15) is 0 Å². The summed E-state index contributed by atoms with van der Waals surface area (Å²) in [7, 11) is 0. The van der Waals surface area contributed by atoms with Gasteiger partial charge in [0, 0.05) is 12.6 Å². The van der Waals surface area contributed by atoms with E-state index in [1.54, 1.807) is 0 Å². The molecule has 0 radical (unpaired) electrons. The van der Waals surface area contributed by atoms with Crippen LogP contribution in [0.5, 0.6) is 0 Å². The van der Waals surface area contributed by atoms with Gasteiger partial charge >= 0.3 is 0 Å². The molecule has 0 saturated heterocycles. The van der Waals surface area contributed by atoms with E-state index in [1.807, 2.05) is 18.2 Å². The lowest BCUT2D eigenvalue weighted by Gasteiger charge is -2.37. The van der Waals surface area contributed by atoms with Crippen LogP contribution in [0.2, 0.25) is 0 Å². The number of hydrogen-bond acceptors (Lipinski definition) is 3. The summed E-state index contributed by atoms with van der Waals surface area (Å²) in [5.41, 5.74) is 1.22. The molecule has 0 aliphatic heterocycles. The van der Waals surface area contributed by atoms with Crippen molar-refractivity contribution in [1.82, 2.24) is 5.32 Å². The Labute approximate surface area is 96.4 Å². The van der Waals surface area contributed by atoms with E-state index in [-0.39, 0.29) is 6.61 Å². The molecule has 0 spiro atoms. The average Bonchev–Trinajstić information content (AvgIpc) is 2.30. The van der Waals surface area contributed by atoms with E-state index < -0.39 is 0 Å². The second-order valence-electron chi connectivity index (χ2n) is 4.20. The van der Waals surface area contributed by atoms with Crippen LogP contribution in [0.3, 0.4) is 0 Å². The van der Waals surface area contributed by atoms with Gasteiger partial charge in [-0.2, -0.15) is 0 Å². The fraction of sp³-hybridized carbons (Fsp3) is 0.538. The third-order valence-electron chi connectivity index (χ3n) is 3.04. The first-order valence-electron chi connectivity index (χ1n) is 5.90. The summed E-state index contributed by atoms with van der Waals surface area (Å²) < 4.78 is 5.83. The van der Waals surface area contributed by atoms with E-state index in [0.29, 0.717) is 25.3 Å². The van der Waals surface area contributed by atoms with Crippen LogP contribution in [0, 0.1) is 0 Å². The molecule has 2 atom stereocenters. The van der Waals surface area contributed by atoms with Crippen molar-refractivity contribution in [3.05, 3.63) is 35.9 Å². The molecule has 3 nitrogen and oxygen atoms in total. The van der Waals surface area contributed by atoms with Crippen molar-refractivity contribution >= 4 is 0 Å². The molecule has 0 unspecified atom stereocenters. The number of aliphatic hydroxyl groups is 1. The van der Waals surface area contributed by atoms with Gasteiger partial charge < -0.3 is 15.2 Å². The van der Waals surface area contributed by atoms with E-state index in [2.05, 4.69) is 17.4 Å². The molecule has 1 saturated carbocycles. The lowest BCUT2D eigenvalue weighted by molar-refractivity contribution is -0.0366. The molecule has 16 heavy (non-hydrogen) atoms. The maximum atomic E-state index is 8.73. The first kappa shape index (κ1) is 11.6. The SMILES string of the molecule is OCCN[C@@H]1CC[C@@H]1OCc1ccccc1. The fourth-order valence-corrected chi connectivity index (χ4v) is 1.93. The van der Waals surface area contributed by atoms with Crippen LogP contribution in [0.25, 0.3) is 0 Å². The molecule has 0 heterocycles. The van der Waals surface area contributed by atoms with Gasteiger partial charge in [-0.05, 0) is 18.4 Å². The molecule has 3 heteroatoms. The highest BCUT2D eigenvalue weighted by molar-refractivity contribution is 5.13. The fourth-order valence-electron chi connectivity index (χ4n) is 1.93. The number of rotatable bonds is 6. The van der Waals surface area contributed by atoms with E-state index in [1.165, 1.54) is 5.56 Å². The first-order valence-corrected chi connectivity index (χ1v) is 5.90. The van der Waals surface area contributed by atoms with Gasteiger partial charge in [0.25, 0.3) is 0 Å². The monoisotopic (exact) mass is 221 g/mol. The normalized spacial score (nSPS) is 24.1. The minimum Gasteiger partial charge on any atom is -0.395 e. The van der Waals surface area contributed by atoms with Crippen molar-refractivity contribution in [1.29, 1.82) is 0 Å². The van der Waals surface area contributed by atoms with Crippen molar-refractivity contribution < 1.29 is 9.84 Å². The second-order valence-corrected chi connectivity index (χ2v) is 4.20. The molecule has 1 aromatic rings.